The Morgan fingerprint density at radius 1 is 1.18 bits per heavy atom. The molecule has 1 aliphatic rings. The largest absolute Gasteiger partial charge is 0.534 e. The molecule has 0 radical (unpaired) electrons. The Hall–Kier alpha value is -1.28. The highest BCUT2D eigenvalue weighted by Gasteiger charge is 2.48. The predicted molar refractivity (Wildman–Crippen MR) is 50.5 cm³/mol. The van der Waals surface area contributed by atoms with E-state index in [9.17, 15) is 21.6 Å². The van der Waals surface area contributed by atoms with Gasteiger partial charge in [0.05, 0.1) is 13.2 Å². The smallest absolute Gasteiger partial charge is 0.376 e. The molecule has 0 aromatic heterocycles. The van der Waals surface area contributed by atoms with E-state index in [1.807, 2.05) is 0 Å². The summed E-state index contributed by atoms with van der Waals surface area (Å²) in [6.07, 6.45) is 0. The summed E-state index contributed by atoms with van der Waals surface area (Å²) in [5.74, 6) is -0.369. The molecule has 0 fully saturated rings. The zero-order valence-corrected chi connectivity index (χ0v) is 9.14. The molecule has 0 spiro atoms. The highest BCUT2D eigenvalue weighted by atomic mass is 32.2. The van der Waals surface area contributed by atoms with E-state index in [-0.39, 0.29) is 12.4 Å². The van der Waals surface area contributed by atoms with Crippen LogP contribution in [0.25, 0.3) is 0 Å². The number of rotatable bonds is 2. The maximum Gasteiger partial charge on any atom is 0.534 e. The molecule has 1 aliphatic heterocycles. The van der Waals surface area contributed by atoms with Crippen molar-refractivity contribution >= 4 is 10.1 Å². The van der Waals surface area contributed by atoms with Crippen molar-refractivity contribution in [2.45, 2.75) is 18.7 Å². The zero-order valence-electron chi connectivity index (χ0n) is 8.32. The molecule has 4 nitrogen and oxygen atoms in total. The molecule has 1 aromatic carbocycles. The first-order valence-corrected chi connectivity index (χ1v) is 5.91. The second kappa shape index (κ2) is 3.88. The fourth-order valence-electron chi connectivity index (χ4n) is 1.37. The lowest BCUT2D eigenvalue weighted by atomic mass is 10.1. The first-order chi connectivity index (χ1) is 7.79. The molecule has 2 rings (SSSR count). The van der Waals surface area contributed by atoms with Crippen molar-refractivity contribution < 1.29 is 30.5 Å². The summed E-state index contributed by atoms with van der Waals surface area (Å²) in [7, 11) is -5.61. The van der Waals surface area contributed by atoms with Crippen molar-refractivity contribution in [3.8, 4) is 5.75 Å². The number of hydrogen-bond acceptors (Lipinski definition) is 4. The Bertz CT molecular complexity index is 536. The third-order valence-electron chi connectivity index (χ3n) is 2.18. The van der Waals surface area contributed by atoms with E-state index in [1.54, 1.807) is 0 Å². The highest BCUT2D eigenvalue weighted by Crippen LogP contribution is 2.29. The van der Waals surface area contributed by atoms with Gasteiger partial charge in [-0.2, -0.15) is 21.6 Å². The number of hydrogen-bond donors (Lipinski definition) is 0. The number of benzene rings is 1. The van der Waals surface area contributed by atoms with Gasteiger partial charge in [0.2, 0.25) is 0 Å². The fraction of sp³-hybridized carbons (Fsp3) is 0.333. The summed E-state index contributed by atoms with van der Waals surface area (Å²) in [5, 5.41) is 0. The van der Waals surface area contributed by atoms with E-state index in [1.165, 1.54) is 12.1 Å². The van der Waals surface area contributed by atoms with Crippen LogP contribution in [0, 0.1) is 0 Å². The Morgan fingerprint density at radius 3 is 2.47 bits per heavy atom. The van der Waals surface area contributed by atoms with E-state index in [4.69, 9.17) is 4.74 Å². The molecule has 1 aromatic rings. The number of ether oxygens (including phenoxy) is 1. The molecule has 0 N–H and O–H groups in total. The van der Waals surface area contributed by atoms with Crippen LogP contribution in [-0.4, -0.2) is 13.9 Å². The van der Waals surface area contributed by atoms with Crippen LogP contribution in [0.3, 0.4) is 0 Å². The Labute approximate surface area is 95.1 Å². The molecular weight excluding hydrogens is 261 g/mol. The molecule has 0 bridgehead atoms. The van der Waals surface area contributed by atoms with Gasteiger partial charge in [-0.05, 0) is 23.3 Å². The summed E-state index contributed by atoms with van der Waals surface area (Å²) in [6.45, 7) is 0.597. The summed E-state index contributed by atoms with van der Waals surface area (Å²) < 4.78 is 66.7. The topological polar surface area (TPSA) is 52.6 Å². The number of alkyl halides is 3. The van der Waals surface area contributed by atoms with Crippen molar-refractivity contribution in [3.63, 3.8) is 0 Å². The molecule has 17 heavy (non-hydrogen) atoms. The van der Waals surface area contributed by atoms with E-state index < -0.39 is 15.6 Å². The number of halogens is 3. The van der Waals surface area contributed by atoms with E-state index >= 15 is 0 Å². The summed E-state index contributed by atoms with van der Waals surface area (Å²) in [5.41, 5.74) is -4.00. The third-order valence-corrected chi connectivity index (χ3v) is 3.16. The van der Waals surface area contributed by atoms with Crippen molar-refractivity contribution in [1.29, 1.82) is 0 Å². The maximum atomic E-state index is 12.1. The monoisotopic (exact) mass is 268 g/mol. The van der Waals surface area contributed by atoms with Crippen LogP contribution in [0.4, 0.5) is 13.2 Å². The second-order valence-electron chi connectivity index (χ2n) is 3.41. The van der Waals surface area contributed by atoms with E-state index in [2.05, 4.69) is 4.18 Å². The molecule has 0 unspecified atom stereocenters. The van der Waals surface area contributed by atoms with Gasteiger partial charge in [-0.3, -0.25) is 0 Å². The summed E-state index contributed by atoms with van der Waals surface area (Å²) in [4.78, 5) is 0. The average molecular weight is 268 g/mol. The van der Waals surface area contributed by atoms with Gasteiger partial charge in [-0.15, -0.1) is 0 Å². The lowest BCUT2D eigenvalue weighted by Gasteiger charge is -2.09. The maximum absolute atomic E-state index is 12.1. The molecule has 0 saturated carbocycles. The van der Waals surface area contributed by atoms with Crippen molar-refractivity contribution in [1.82, 2.24) is 0 Å². The molecule has 0 atom stereocenters. The molecule has 0 saturated heterocycles. The molecule has 0 aliphatic carbocycles. The molecule has 0 amide bonds. The predicted octanol–water partition coefficient (Wildman–Crippen LogP) is 1.95. The van der Waals surface area contributed by atoms with Gasteiger partial charge in [0.15, 0.2) is 0 Å². The van der Waals surface area contributed by atoms with Crippen molar-refractivity contribution in [3.05, 3.63) is 29.3 Å². The van der Waals surface area contributed by atoms with Gasteiger partial charge in [0.1, 0.15) is 5.75 Å². The van der Waals surface area contributed by atoms with Gasteiger partial charge in [0, 0.05) is 0 Å². The SMILES string of the molecule is O=S(=O)(Oc1ccc2c(c1)COC2)C(F)(F)F. The van der Waals surface area contributed by atoms with Gasteiger partial charge in [-0.1, -0.05) is 6.07 Å². The minimum atomic E-state index is -5.61. The van der Waals surface area contributed by atoms with Crippen LogP contribution < -0.4 is 4.18 Å². The van der Waals surface area contributed by atoms with Crippen molar-refractivity contribution in [2.24, 2.45) is 0 Å². The molecule has 94 valence electrons. The Balaban J connectivity index is 2.26. The average Bonchev–Trinajstić information content (AvgIpc) is 2.62. The second-order valence-corrected chi connectivity index (χ2v) is 4.94. The van der Waals surface area contributed by atoms with Crippen LogP contribution >= 0.6 is 0 Å². The minimum Gasteiger partial charge on any atom is -0.376 e. The summed E-state index contributed by atoms with van der Waals surface area (Å²) >= 11 is 0. The minimum absolute atomic E-state index is 0.235. The Kier molecular flexibility index (Phi) is 2.78. The van der Waals surface area contributed by atoms with Gasteiger partial charge >= 0.3 is 15.6 Å². The number of fused-ring (bicyclic) bond motifs is 1. The quantitative estimate of drug-likeness (QED) is 0.607. The summed E-state index contributed by atoms with van der Waals surface area (Å²) in [6, 6.07) is 3.87. The normalized spacial score (nSPS) is 15.7. The first-order valence-electron chi connectivity index (χ1n) is 4.50. The Morgan fingerprint density at radius 2 is 1.82 bits per heavy atom. The third kappa shape index (κ3) is 2.37. The van der Waals surface area contributed by atoms with Crippen LogP contribution in [0.15, 0.2) is 18.2 Å². The standard InChI is InChI=1S/C9H7F3O4S/c10-9(11,12)17(13,14)16-8-2-1-6-4-15-5-7(6)3-8/h1-3H,4-5H2. The lowest BCUT2D eigenvalue weighted by Crippen LogP contribution is -2.28. The van der Waals surface area contributed by atoms with Crippen molar-refractivity contribution in [2.75, 3.05) is 0 Å². The van der Waals surface area contributed by atoms with Crippen LogP contribution in [0.2, 0.25) is 0 Å². The van der Waals surface area contributed by atoms with E-state index in [0.29, 0.717) is 12.2 Å². The van der Waals surface area contributed by atoms with E-state index in [0.717, 1.165) is 11.6 Å². The molecular formula is C9H7F3O4S. The highest BCUT2D eigenvalue weighted by molar-refractivity contribution is 7.87. The van der Waals surface area contributed by atoms with Crippen LogP contribution in [-0.2, 0) is 28.1 Å². The fourth-order valence-corrected chi connectivity index (χ4v) is 1.83. The van der Waals surface area contributed by atoms with Crippen LogP contribution in [0.1, 0.15) is 11.1 Å². The molecule has 8 heteroatoms. The van der Waals surface area contributed by atoms with Crippen LogP contribution in [0.5, 0.6) is 5.75 Å². The molecule has 1 heterocycles. The van der Waals surface area contributed by atoms with Gasteiger partial charge < -0.3 is 8.92 Å². The lowest BCUT2D eigenvalue weighted by molar-refractivity contribution is -0.0500. The first kappa shape index (κ1) is 12.2. The van der Waals surface area contributed by atoms with Gasteiger partial charge in [0.25, 0.3) is 0 Å². The zero-order chi connectivity index (χ0) is 12.7. The van der Waals surface area contributed by atoms with Gasteiger partial charge in [-0.25, -0.2) is 0 Å².